The summed E-state index contributed by atoms with van der Waals surface area (Å²) >= 11 is 7.72. The van der Waals surface area contributed by atoms with Crippen LogP contribution in [0.25, 0.3) is 10.1 Å². The zero-order chi connectivity index (χ0) is 8.55. The zero-order valence-electron chi connectivity index (χ0n) is 6.38. The molecule has 0 spiro atoms. The van der Waals surface area contributed by atoms with Gasteiger partial charge in [-0.05, 0) is 23.1 Å². The Kier molecular flexibility index (Phi) is 2.05. The molecule has 1 heterocycles. The van der Waals surface area contributed by atoms with Crippen molar-refractivity contribution in [2.75, 3.05) is 0 Å². The molecule has 1 aromatic carbocycles. The van der Waals surface area contributed by atoms with Gasteiger partial charge >= 0.3 is 0 Å². The molecule has 0 saturated heterocycles. The molecule has 0 aliphatic carbocycles. The second-order valence-corrected chi connectivity index (χ2v) is 3.90. The van der Waals surface area contributed by atoms with Crippen molar-refractivity contribution >= 4 is 33.0 Å². The van der Waals surface area contributed by atoms with Gasteiger partial charge in [0.2, 0.25) is 0 Å². The molecule has 0 bridgehead atoms. The van der Waals surface area contributed by atoms with Crippen molar-refractivity contribution in [1.82, 2.24) is 0 Å². The van der Waals surface area contributed by atoms with Crippen LogP contribution in [0.15, 0.2) is 23.6 Å². The molecule has 0 amide bonds. The predicted molar refractivity (Wildman–Crippen MR) is 54.7 cm³/mol. The van der Waals surface area contributed by atoms with Crippen molar-refractivity contribution in [2.24, 2.45) is 5.73 Å². The van der Waals surface area contributed by atoms with E-state index in [2.05, 4.69) is 11.4 Å². The first-order chi connectivity index (χ1) is 5.83. The van der Waals surface area contributed by atoms with E-state index in [1.807, 2.05) is 12.1 Å². The summed E-state index contributed by atoms with van der Waals surface area (Å²) in [6.07, 6.45) is 0. The average Bonchev–Trinajstić information content (AvgIpc) is 2.49. The number of fused-ring (bicyclic) bond motifs is 1. The van der Waals surface area contributed by atoms with Crippen molar-refractivity contribution in [3.63, 3.8) is 0 Å². The van der Waals surface area contributed by atoms with Crippen LogP contribution in [0, 0.1) is 0 Å². The van der Waals surface area contributed by atoms with Crippen molar-refractivity contribution in [3.05, 3.63) is 34.2 Å². The molecule has 1 aromatic heterocycles. The first kappa shape index (κ1) is 8.05. The molecule has 0 atom stereocenters. The summed E-state index contributed by atoms with van der Waals surface area (Å²) < 4.78 is 1.21. The van der Waals surface area contributed by atoms with Crippen LogP contribution >= 0.6 is 22.9 Å². The molecular weight excluding hydrogens is 190 g/mol. The number of hydrogen-bond donors (Lipinski definition) is 1. The SMILES string of the molecule is NCc1csc2cccc(Cl)c12. The standard InChI is InChI=1S/C9H8ClNS/c10-7-2-1-3-8-9(7)6(4-11)5-12-8/h1-3,5H,4,11H2. The summed E-state index contributed by atoms with van der Waals surface area (Å²) in [6.45, 7) is 0.559. The first-order valence-corrected chi connectivity index (χ1v) is 4.93. The molecular formula is C9H8ClNS. The third-order valence-corrected chi connectivity index (χ3v) is 3.16. The van der Waals surface area contributed by atoms with E-state index in [9.17, 15) is 0 Å². The molecule has 0 radical (unpaired) electrons. The topological polar surface area (TPSA) is 26.0 Å². The Balaban J connectivity index is 2.83. The molecule has 3 heteroatoms. The largest absolute Gasteiger partial charge is 0.326 e. The Labute approximate surface area is 79.8 Å². The molecule has 12 heavy (non-hydrogen) atoms. The molecule has 2 aromatic rings. The number of nitrogens with two attached hydrogens (primary N) is 1. The van der Waals surface area contributed by atoms with Gasteiger partial charge < -0.3 is 5.73 Å². The van der Waals surface area contributed by atoms with E-state index in [1.54, 1.807) is 11.3 Å². The van der Waals surface area contributed by atoms with Gasteiger partial charge in [0.1, 0.15) is 0 Å². The molecule has 1 nitrogen and oxygen atoms in total. The minimum atomic E-state index is 0.559. The van der Waals surface area contributed by atoms with Crippen LogP contribution in [-0.4, -0.2) is 0 Å². The smallest absolute Gasteiger partial charge is 0.0496 e. The van der Waals surface area contributed by atoms with Crippen molar-refractivity contribution < 1.29 is 0 Å². The van der Waals surface area contributed by atoms with E-state index < -0.39 is 0 Å². The lowest BCUT2D eigenvalue weighted by molar-refractivity contribution is 1.09. The summed E-state index contributed by atoms with van der Waals surface area (Å²) in [5.41, 5.74) is 6.72. The highest BCUT2D eigenvalue weighted by Crippen LogP contribution is 2.31. The van der Waals surface area contributed by atoms with Gasteiger partial charge in [-0.15, -0.1) is 11.3 Å². The van der Waals surface area contributed by atoms with Gasteiger partial charge in [-0.3, -0.25) is 0 Å². The second-order valence-electron chi connectivity index (χ2n) is 2.58. The molecule has 2 N–H and O–H groups in total. The van der Waals surface area contributed by atoms with Crippen molar-refractivity contribution in [2.45, 2.75) is 6.54 Å². The van der Waals surface area contributed by atoms with E-state index in [1.165, 1.54) is 4.70 Å². The number of benzene rings is 1. The molecule has 2 rings (SSSR count). The number of thiophene rings is 1. The number of halogens is 1. The number of hydrogen-bond acceptors (Lipinski definition) is 2. The zero-order valence-corrected chi connectivity index (χ0v) is 7.95. The fourth-order valence-electron chi connectivity index (χ4n) is 1.26. The Morgan fingerprint density at radius 3 is 3.00 bits per heavy atom. The summed E-state index contributed by atoms with van der Waals surface area (Å²) in [7, 11) is 0. The lowest BCUT2D eigenvalue weighted by Gasteiger charge is -1.96. The third-order valence-electron chi connectivity index (χ3n) is 1.84. The molecule has 0 fully saturated rings. The lowest BCUT2D eigenvalue weighted by Crippen LogP contribution is -1.94. The van der Waals surface area contributed by atoms with E-state index >= 15 is 0 Å². The van der Waals surface area contributed by atoms with Crippen molar-refractivity contribution in [1.29, 1.82) is 0 Å². The second kappa shape index (κ2) is 3.05. The highest BCUT2D eigenvalue weighted by atomic mass is 35.5. The van der Waals surface area contributed by atoms with Gasteiger partial charge in [-0.1, -0.05) is 17.7 Å². The number of rotatable bonds is 1. The van der Waals surface area contributed by atoms with Gasteiger partial charge in [0.25, 0.3) is 0 Å². The molecule has 0 saturated carbocycles. The van der Waals surface area contributed by atoms with Gasteiger partial charge in [0, 0.05) is 21.7 Å². The Hall–Kier alpha value is -0.570. The monoisotopic (exact) mass is 197 g/mol. The van der Waals surface area contributed by atoms with Gasteiger partial charge in [0.05, 0.1) is 0 Å². The van der Waals surface area contributed by atoms with Gasteiger partial charge in [-0.25, -0.2) is 0 Å². The van der Waals surface area contributed by atoms with Crippen LogP contribution in [-0.2, 0) is 6.54 Å². The Bertz CT molecular complexity index is 408. The summed E-state index contributed by atoms with van der Waals surface area (Å²) in [4.78, 5) is 0. The Morgan fingerprint density at radius 1 is 1.42 bits per heavy atom. The summed E-state index contributed by atoms with van der Waals surface area (Å²) in [5.74, 6) is 0. The first-order valence-electron chi connectivity index (χ1n) is 3.67. The predicted octanol–water partition coefficient (Wildman–Crippen LogP) is 3.01. The Morgan fingerprint density at radius 2 is 2.25 bits per heavy atom. The molecule has 0 unspecified atom stereocenters. The van der Waals surface area contributed by atoms with E-state index in [4.69, 9.17) is 17.3 Å². The lowest BCUT2D eigenvalue weighted by atomic mass is 10.2. The summed E-state index contributed by atoms with van der Waals surface area (Å²) in [5, 5.41) is 3.98. The minimum absolute atomic E-state index is 0.559. The third kappa shape index (κ3) is 1.12. The quantitative estimate of drug-likeness (QED) is 0.748. The molecule has 0 aliphatic heterocycles. The van der Waals surface area contributed by atoms with Crippen LogP contribution in [0.3, 0.4) is 0 Å². The normalized spacial score (nSPS) is 10.8. The molecule has 0 aliphatic rings. The minimum Gasteiger partial charge on any atom is -0.326 e. The van der Waals surface area contributed by atoms with Crippen LogP contribution in [0.1, 0.15) is 5.56 Å². The van der Waals surface area contributed by atoms with E-state index in [0.717, 1.165) is 16.0 Å². The van der Waals surface area contributed by atoms with E-state index in [0.29, 0.717) is 6.54 Å². The summed E-state index contributed by atoms with van der Waals surface area (Å²) in [6, 6.07) is 5.92. The van der Waals surface area contributed by atoms with Crippen molar-refractivity contribution in [3.8, 4) is 0 Å². The molecule has 62 valence electrons. The van der Waals surface area contributed by atoms with E-state index in [-0.39, 0.29) is 0 Å². The van der Waals surface area contributed by atoms with Crippen LogP contribution < -0.4 is 5.73 Å². The maximum atomic E-state index is 6.03. The van der Waals surface area contributed by atoms with Crippen LogP contribution in [0.2, 0.25) is 5.02 Å². The average molecular weight is 198 g/mol. The maximum Gasteiger partial charge on any atom is 0.0496 e. The van der Waals surface area contributed by atoms with Gasteiger partial charge in [-0.2, -0.15) is 0 Å². The maximum absolute atomic E-state index is 6.03. The van der Waals surface area contributed by atoms with Crippen LogP contribution in [0.4, 0.5) is 0 Å². The highest BCUT2D eigenvalue weighted by molar-refractivity contribution is 7.17. The van der Waals surface area contributed by atoms with Crippen LogP contribution in [0.5, 0.6) is 0 Å². The highest BCUT2D eigenvalue weighted by Gasteiger charge is 2.04. The fourth-order valence-corrected chi connectivity index (χ4v) is 2.61. The van der Waals surface area contributed by atoms with Gasteiger partial charge in [0.15, 0.2) is 0 Å². The fraction of sp³-hybridized carbons (Fsp3) is 0.111.